The highest BCUT2D eigenvalue weighted by atomic mass is 16.6. The molecule has 96 valence electrons. The lowest BCUT2D eigenvalue weighted by atomic mass is 10.2. The Labute approximate surface area is 101 Å². The molecule has 1 aromatic carbocycles. The van der Waals surface area contributed by atoms with E-state index in [4.69, 9.17) is 10.5 Å². The maximum absolute atomic E-state index is 11.2. The molecule has 1 aromatic rings. The number of hydrogen-bond acceptors (Lipinski definition) is 7. The van der Waals surface area contributed by atoms with Gasteiger partial charge in [-0.25, -0.2) is 0 Å². The molecule has 18 heavy (non-hydrogen) atoms. The maximum atomic E-state index is 11.2. The van der Waals surface area contributed by atoms with Gasteiger partial charge < -0.3 is 20.4 Å². The number of aliphatic carboxylic acids is 1. The fourth-order valence-corrected chi connectivity index (χ4v) is 1.07. The summed E-state index contributed by atoms with van der Waals surface area (Å²) in [6, 6.07) is 3.31. The first kappa shape index (κ1) is 13.6. The normalized spacial score (nSPS) is 11.6. The number of nitro groups is 1. The number of carboxylic acids is 1. The summed E-state index contributed by atoms with van der Waals surface area (Å²) >= 11 is 0. The topological polar surface area (TPSA) is 136 Å². The quantitative estimate of drug-likeness (QED) is 0.306. The third-order valence-electron chi connectivity index (χ3n) is 1.97. The molecule has 1 rings (SSSR count). The molecule has 0 aliphatic carbocycles. The first-order chi connectivity index (χ1) is 8.40. The van der Waals surface area contributed by atoms with Gasteiger partial charge in [-0.05, 0) is 12.1 Å². The molecule has 1 unspecified atom stereocenters. The molecule has 8 nitrogen and oxygen atoms in total. The van der Waals surface area contributed by atoms with Crippen LogP contribution in [0.2, 0.25) is 0 Å². The van der Waals surface area contributed by atoms with Crippen LogP contribution in [0.25, 0.3) is 0 Å². The van der Waals surface area contributed by atoms with Gasteiger partial charge in [-0.1, -0.05) is 0 Å². The average molecular weight is 253 g/mol. The Bertz CT molecular complexity index is 470. The molecule has 0 heterocycles. The van der Waals surface area contributed by atoms with Gasteiger partial charge in [0.15, 0.2) is 0 Å². The summed E-state index contributed by atoms with van der Waals surface area (Å²) in [4.78, 5) is 31.3. The van der Waals surface area contributed by atoms with Crippen LogP contribution in [-0.4, -0.2) is 22.9 Å². The van der Waals surface area contributed by atoms with Crippen molar-refractivity contribution < 1.29 is 24.4 Å². The second-order valence-corrected chi connectivity index (χ2v) is 3.35. The fourth-order valence-electron chi connectivity index (χ4n) is 1.07. The zero-order valence-electron chi connectivity index (χ0n) is 9.07. The smallest absolute Gasteiger partial charge is 0.313 e. The monoisotopic (exact) mass is 253 g/mol. The number of carbonyl (C=O) groups is 2. The van der Waals surface area contributed by atoms with E-state index in [1.165, 1.54) is 12.1 Å². The van der Waals surface area contributed by atoms with E-state index in [0.717, 1.165) is 12.1 Å². The van der Waals surface area contributed by atoms with Crippen LogP contribution in [0, 0.1) is 10.1 Å². The van der Waals surface area contributed by atoms with Gasteiger partial charge in [0.2, 0.25) is 0 Å². The predicted octanol–water partition coefficient (Wildman–Crippen LogP) is -1.03. The number of rotatable bonds is 5. The summed E-state index contributed by atoms with van der Waals surface area (Å²) in [5, 5.41) is 20.7. The molecule has 0 radical (unpaired) electrons. The molecule has 0 aliphatic heterocycles. The average Bonchev–Trinajstić information content (AvgIpc) is 2.29. The van der Waals surface area contributed by atoms with Crippen LogP contribution in [0.5, 0.6) is 5.75 Å². The van der Waals surface area contributed by atoms with Gasteiger partial charge in [0.1, 0.15) is 5.75 Å². The van der Waals surface area contributed by atoms with Gasteiger partial charge in [0.05, 0.1) is 23.4 Å². The SMILES string of the molecule is NC(CC(=O)Oc1ccc([N+](=O)[O-])cc1)C(=O)[O-]. The van der Waals surface area contributed by atoms with E-state index >= 15 is 0 Å². The minimum absolute atomic E-state index is 0.0659. The van der Waals surface area contributed by atoms with Gasteiger partial charge in [-0.2, -0.15) is 0 Å². The zero-order chi connectivity index (χ0) is 13.7. The number of non-ortho nitro benzene ring substituents is 1. The number of ether oxygens (including phenoxy) is 1. The summed E-state index contributed by atoms with van der Waals surface area (Å²) in [6.07, 6.45) is -0.542. The summed E-state index contributed by atoms with van der Waals surface area (Å²) in [5.41, 5.74) is 4.93. The van der Waals surface area contributed by atoms with Crippen LogP contribution in [0.15, 0.2) is 24.3 Å². The van der Waals surface area contributed by atoms with E-state index < -0.39 is 29.3 Å². The second kappa shape index (κ2) is 5.73. The van der Waals surface area contributed by atoms with Crippen molar-refractivity contribution in [1.82, 2.24) is 0 Å². The Hall–Kier alpha value is -2.48. The Morgan fingerprint density at radius 1 is 1.33 bits per heavy atom. The minimum atomic E-state index is -1.56. The van der Waals surface area contributed by atoms with E-state index in [2.05, 4.69) is 0 Å². The largest absolute Gasteiger partial charge is 0.548 e. The van der Waals surface area contributed by atoms with Crippen molar-refractivity contribution in [3.05, 3.63) is 34.4 Å². The molecule has 0 saturated carbocycles. The lowest BCUT2D eigenvalue weighted by Gasteiger charge is -2.11. The van der Waals surface area contributed by atoms with Gasteiger partial charge in [0.25, 0.3) is 5.69 Å². The third-order valence-corrected chi connectivity index (χ3v) is 1.97. The molecule has 0 spiro atoms. The number of nitro benzene ring substituents is 1. The van der Waals surface area contributed by atoms with Crippen molar-refractivity contribution in [2.75, 3.05) is 0 Å². The molecule has 0 bridgehead atoms. The molecule has 2 N–H and O–H groups in total. The van der Waals surface area contributed by atoms with Crippen molar-refractivity contribution in [1.29, 1.82) is 0 Å². The van der Waals surface area contributed by atoms with Gasteiger partial charge in [-0.3, -0.25) is 14.9 Å². The standard InChI is InChI=1S/C10H10N2O6/c11-8(10(14)15)5-9(13)18-7-3-1-6(2-4-7)12(16)17/h1-4,8H,5,11H2,(H,14,15)/p-1. The fraction of sp³-hybridized carbons (Fsp3) is 0.200. The summed E-state index contributed by atoms with van der Waals surface area (Å²) in [6.45, 7) is 0. The summed E-state index contributed by atoms with van der Waals surface area (Å²) < 4.78 is 4.74. The highest BCUT2D eigenvalue weighted by Gasteiger charge is 2.13. The van der Waals surface area contributed by atoms with Crippen molar-refractivity contribution in [3.63, 3.8) is 0 Å². The Kier molecular flexibility index (Phi) is 4.33. The molecular formula is C10H9N2O6-. The number of nitrogens with zero attached hydrogens (tertiary/aromatic N) is 1. The molecular weight excluding hydrogens is 244 g/mol. The van der Waals surface area contributed by atoms with E-state index in [0.29, 0.717) is 0 Å². The number of nitrogens with two attached hydrogens (primary N) is 1. The number of benzene rings is 1. The van der Waals surface area contributed by atoms with Gasteiger partial charge in [-0.15, -0.1) is 0 Å². The number of esters is 1. The molecule has 0 aliphatic rings. The second-order valence-electron chi connectivity index (χ2n) is 3.35. The highest BCUT2D eigenvalue weighted by Crippen LogP contribution is 2.17. The number of carbonyl (C=O) groups excluding carboxylic acids is 2. The van der Waals surface area contributed by atoms with Crippen LogP contribution in [0.1, 0.15) is 6.42 Å². The van der Waals surface area contributed by atoms with Gasteiger partial charge in [0, 0.05) is 12.1 Å². The molecule has 0 saturated heterocycles. The molecule has 1 atom stereocenters. The first-order valence-corrected chi connectivity index (χ1v) is 4.81. The Balaban J connectivity index is 2.60. The Morgan fingerprint density at radius 3 is 2.33 bits per heavy atom. The van der Waals surface area contributed by atoms with Crippen molar-refractivity contribution in [2.45, 2.75) is 12.5 Å². The van der Waals surface area contributed by atoms with E-state index in [1.807, 2.05) is 0 Å². The van der Waals surface area contributed by atoms with E-state index in [-0.39, 0.29) is 11.4 Å². The van der Waals surface area contributed by atoms with Gasteiger partial charge >= 0.3 is 5.97 Å². The van der Waals surface area contributed by atoms with Crippen LogP contribution in [0.4, 0.5) is 5.69 Å². The van der Waals surface area contributed by atoms with Crippen LogP contribution in [-0.2, 0) is 9.59 Å². The maximum Gasteiger partial charge on any atom is 0.313 e. The lowest BCUT2D eigenvalue weighted by Crippen LogP contribution is -2.43. The molecule has 0 aromatic heterocycles. The van der Waals surface area contributed by atoms with Crippen molar-refractivity contribution in [3.8, 4) is 5.75 Å². The third kappa shape index (κ3) is 3.83. The molecule has 0 fully saturated rings. The zero-order valence-corrected chi connectivity index (χ0v) is 9.07. The number of hydrogen-bond donors (Lipinski definition) is 1. The van der Waals surface area contributed by atoms with Crippen LogP contribution >= 0.6 is 0 Å². The Morgan fingerprint density at radius 2 is 1.89 bits per heavy atom. The summed E-state index contributed by atoms with van der Waals surface area (Å²) in [5.74, 6) is -2.35. The molecule has 8 heteroatoms. The highest BCUT2D eigenvalue weighted by molar-refractivity contribution is 5.81. The summed E-state index contributed by atoms with van der Waals surface area (Å²) in [7, 11) is 0. The minimum Gasteiger partial charge on any atom is -0.548 e. The van der Waals surface area contributed by atoms with Crippen molar-refractivity contribution >= 4 is 17.6 Å². The van der Waals surface area contributed by atoms with Crippen molar-refractivity contribution in [2.24, 2.45) is 5.73 Å². The van der Waals surface area contributed by atoms with Crippen LogP contribution in [0.3, 0.4) is 0 Å². The van der Waals surface area contributed by atoms with Crippen LogP contribution < -0.4 is 15.6 Å². The predicted molar refractivity (Wildman–Crippen MR) is 56.3 cm³/mol. The first-order valence-electron chi connectivity index (χ1n) is 4.81. The lowest BCUT2D eigenvalue weighted by molar-refractivity contribution is -0.384. The number of carboxylic acid groups (broad SMARTS) is 1. The van der Waals surface area contributed by atoms with E-state index in [9.17, 15) is 24.8 Å². The van der Waals surface area contributed by atoms with E-state index in [1.54, 1.807) is 0 Å². The molecule has 0 amide bonds.